The lowest BCUT2D eigenvalue weighted by atomic mass is 10.0. The topological polar surface area (TPSA) is 99.2 Å². The van der Waals surface area contributed by atoms with Crippen LogP contribution in [0.4, 0.5) is 11.4 Å². The Morgan fingerprint density at radius 1 is 0.786 bits per heavy atom. The first-order chi connectivity index (χ1) is 20.5. The fourth-order valence-corrected chi connectivity index (χ4v) is 5.00. The van der Waals surface area contributed by atoms with Gasteiger partial charge in [-0.05, 0) is 59.2 Å². The van der Waals surface area contributed by atoms with Gasteiger partial charge in [0.1, 0.15) is 0 Å². The predicted molar refractivity (Wildman–Crippen MR) is 163 cm³/mol. The maximum atomic E-state index is 13.2. The molecule has 1 saturated heterocycles. The van der Waals surface area contributed by atoms with Crippen molar-refractivity contribution in [2.24, 2.45) is 0 Å². The lowest BCUT2D eigenvalue weighted by Crippen LogP contribution is -2.36. The molecule has 0 saturated carbocycles. The van der Waals surface area contributed by atoms with E-state index in [2.05, 4.69) is 10.2 Å². The van der Waals surface area contributed by atoms with Crippen molar-refractivity contribution in [3.63, 3.8) is 0 Å². The number of morpholine rings is 1. The third-order valence-corrected chi connectivity index (χ3v) is 7.17. The molecule has 1 heterocycles. The van der Waals surface area contributed by atoms with Crippen LogP contribution in [0, 0.1) is 0 Å². The van der Waals surface area contributed by atoms with E-state index in [1.54, 1.807) is 41.3 Å². The zero-order valence-electron chi connectivity index (χ0n) is 23.2. The number of anilines is 2. The van der Waals surface area contributed by atoms with Crippen LogP contribution in [0.3, 0.4) is 0 Å². The molecular formula is C34H33N3O5. The highest BCUT2D eigenvalue weighted by molar-refractivity contribution is 6.06. The van der Waals surface area contributed by atoms with E-state index in [9.17, 15) is 19.5 Å². The first-order valence-corrected chi connectivity index (χ1v) is 14.0. The zero-order chi connectivity index (χ0) is 29.3. The number of hydrogen-bond acceptors (Lipinski definition) is 5. The van der Waals surface area contributed by atoms with Gasteiger partial charge >= 0.3 is 5.97 Å². The van der Waals surface area contributed by atoms with Gasteiger partial charge in [0.15, 0.2) is 0 Å². The summed E-state index contributed by atoms with van der Waals surface area (Å²) in [7, 11) is 0. The third kappa shape index (κ3) is 7.21. The van der Waals surface area contributed by atoms with E-state index in [0.717, 1.165) is 35.5 Å². The van der Waals surface area contributed by atoms with Crippen LogP contribution in [0.2, 0.25) is 0 Å². The van der Waals surface area contributed by atoms with Crippen molar-refractivity contribution in [2.75, 3.05) is 43.1 Å². The van der Waals surface area contributed by atoms with Crippen LogP contribution >= 0.6 is 0 Å². The van der Waals surface area contributed by atoms with Gasteiger partial charge in [-0.1, -0.05) is 60.7 Å². The van der Waals surface area contributed by atoms with Crippen LogP contribution in [-0.4, -0.2) is 60.6 Å². The summed E-state index contributed by atoms with van der Waals surface area (Å²) in [5.41, 5.74) is 5.41. The van der Waals surface area contributed by atoms with Crippen LogP contribution in [-0.2, 0) is 16.1 Å². The second kappa shape index (κ2) is 13.6. The van der Waals surface area contributed by atoms with Gasteiger partial charge in [0.05, 0.1) is 31.0 Å². The Balaban J connectivity index is 1.43. The van der Waals surface area contributed by atoms with E-state index < -0.39 is 5.97 Å². The maximum Gasteiger partial charge on any atom is 0.305 e. The molecule has 4 aromatic carbocycles. The fourth-order valence-electron chi connectivity index (χ4n) is 5.00. The molecule has 214 valence electrons. The first-order valence-electron chi connectivity index (χ1n) is 14.0. The summed E-state index contributed by atoms with van der Waals surface area (Å²) in [6.07, 6.45) is -0.147. The molecule has 2 N–H and O–H groups in total. The molecule has 1 aliphatic heterocycles. The molecule has 0 atom stereocenters. The summed E-state index contributed by atoms with van der Waals surface area (Å²) in [5.74, 6) is -1.37. The van der Waals surface area contributed by atoms with Crippen molar-refractivity contribution in [1.29, 1.82) is 0 Å². The Morgan fingerprint density at radius 3 is 2.14 bits per heavy atom. The van der Waals surface area contributed by atoms with Gasteiger partial charge in [-0.15, -0.1) is 0 Å². The molecule has 0 radical (unpaired) electrons. The molecule has 0 bridgehead atoms. The third-order valence-electron chi connectivity index (χ3n) is 7.17. The molecule has 1 aliphatic rings. The number of carbonyl (C=O) groups is 3. The number of rotatable bonds is 10. The zero-order valence-corrected chi connectivity index (χ0v) is 23.2. The number of ether oxygens (including phenoxy) is 1. The highest BCUT2D eigenvalue weighted by Gasteiger charge is 2.20. The number of carboxylic acids is 1. The van der Waals surface area contributed by atoms with Crippen LogP contribution in [0.1, 0.15) is 32.7 Å². The van der Waals surface area contributed by atoms with E-state index in [1.807, 2.05) is 66.7 Å². The molecule has 4 aromatic rings. The number of carbonyl (C=O) groups excluding carboxylic acids is 2. The minimum absolute atomic E-state index is 0.0944. The molecule has 8 heteroatoms. The van der Waals surface area contributed by atoms with Crippen molar-refractivity contribution in [2.45, 2.75) is 13.0 Å². The minimum atomic E-state index is -0.958. The number of nitrogens with one attached hydrogen (secondary N) is 1. The Kier molecular flexibility index (Phi) is 9.26. The molecule has 0 aromatic heterocycles. The number of aliphatic carboxylic acids is 1. The van der Waals surface area contributed by atoms with E-state index in [-0.39, 0.29) is 31.3 Å². The van der Waals surface area contributed by atoms with Gasteiger partial charge in [-0.25, -0.2) is 0 Å². The molecule has 1 fully saturated rings. The van der Waals surface area contributed by atoms with E-state index >= 15 is 0 Å². The van der Waals surface area contributed by atoms with E-state index in [1.165, 1.54) is 0 Å². The summed E-state index contributed by atoms with van der Waals surface area (Å²) in [6.45, 7) is 3.05. The van der Waals surface area contributed by atoms with Gasteiger partial charge in [-0.2, -0.15) is 0 Å². The molecule has 5 rings (SSSR count). The molecule has 8 nitrogen and oxygen atoms in total. The first kappa shape index (κ1) is 28.6. The summed E-state index contributed by atoms with van der Waals surface area (Å²) < 4.78 is 5.54. The summed E-state index contributed by atoms with van der Waals surface area (Å²) >= 11 is 0. The van der Waals surface area contributed by atoms with Crippen LogP contribution in [0.15, 0.2) is 103 Å². The molecular weight excluding hydrogens is 530 g/mol. The fraction of sp³-hybridized carbons (Fsp3) is 0.206. The smallest absolute Gasteiger partial charge is 0.305 e. The normalized spacial score (nSPS) is 12.9. The van der Waals surface area contributed by atoms with Gasteiger partial charge in [0.2, 0.25) is 0 Å². The lowest BCUT2D eigenvalue weighted by molar-refractivity contribution is -0.137. The highest BCUT2D eigenvalue weighted by atomic mass is 16.5. The van der Waals surface area contributed by atoms with E-state index in [0.29, 0.717) is 30.0 Å². The molecule has 2 amide bonds. The highest BCUT2D eigenvalue weighted by Crippen LogP contribution is 2.33. The quantitative estimate of drug-likeness (QED) is 0.262. The molecule has 42 heavy (non-hydrogen) atoms. The average molecular weight is 564 g/mol. The van der Waals surface area contributed by atoms with Crippen molar-refractivity contribution in [1.82, 2.24) is 4.90 Å². The van der Waals surface area contributed by atoms with Crippen LogP contribution in [0.5, 0.6) is 0 Å². The standard InChI is InChI=1S/C34H33N3O5/c38-32(39)16-17-37(34(41)27-11-5-2-6-12-27)24-25-8-7-13-28(22-25)29-14-15-31(36-18-20-42-21-19-36)30(23-29)35-33(40)26-9-3-1-4-10-26/h1-15,22-23H,16-21,24H2,(H,35,40)(H,38,39). The number of benzene rings is 4. The molecule has 0 unspecified atom stereocenters. The van der Waals surface area contributed by atoms with Gasteiger partial charge in [0.25, 0.3) is 11.8 Å². The lowest BCUT2D eigenvalue weighted by Gasteiger charge is -2.31. The Bertz CT molecular complexity index is 1540. The number of amides is 2. The molecule has 0 aliphatic carbocycles. The minimum Gasteiger partial charge on any atom is -0.481 e. The van der Waals surface area contributed by atoms with Crippen LogP contribution < -0.4 is 10.2 Å². The predicted octanol–water partition coefficient (Wildman–Crippen LogP) is 5.56. The van der Waals surface area contributed by atoms with Crippen molar-refractivity contribution in [3.05, 3.63) is 120 Å². The molecule has 0 spiro atoms. The maximum absolute atomic E-state index is 13.2. The summed E-state index contributed by atoms with van der Waals surface area (Å²) in [4.78, 5) is 41.5. The van der Waals surface area contributed by atoms with Gasteiger partial charge in [0, 0.05) is 37.3 Å². The second-order valence-corrected chi connectivity index (χ2v) is 10.1. The van der Waals surface area contributed by atoms with Crippen molar-refractivity contribution >= 4 is 29.2 Å². The van der Waals surface area contributed by atoms with Crippen molar-refractivity contribution < 1.29 is 24.2 Å². The monoisotopic (exact) mass is 563 g/mol. The Morgan fingerprint density at radius 2 is 1.45 bits per heavy atom. The average Bonchev–Trinajstić information content (AvgIpc) is 3.04. The van der Waals surface area contributed by atoms with Crippen molar-refractivity contribution in [3.8, 4) is 11.1 Å². The van der Waals surface area contributed by atoms with Gasteiger partial charge in [-0.3, -0.25) is 14.4 Å². The second-order valence-electron chi connectivity index (χ2n) is 10.1. The number of carboxylic acid groups (broad SMARTS) is 1. The Labute approximate surface area is 245 Å². The summed E-state index contributed by atoms with van der Waals surface area (Å²) in [6, 6.07) is 31.8. The van der Waals surface area contributed by atoms with Crippen LogP contribution in [0.25, 0.3) is 11.1 Å². The van der Waals surface area contributed by atoms with Gasteiger partial charge < -0.3 is 25.0 Å². The summed E-state index contributed by atoms with van der Waals surface area (Å²) in [5, 5.41) is 12.4. The SMILES string of the molecule is O=C(O)CCN(Cc1cccc(-c2ccc(N3CCOCC3)c(NC(=O)c3ccccc3)c2)c1)C(=O)c1ccccc1. The Hall–Kier alpha value is -4.95. The number of hydrogen-bond donors (Lipinski definition) is 2. The van der Waals surface area contributed by atoms with E-state index in [4.69, 9.17) is 4.74 Å². The largest absolute Gasteiger partial charge is 0.481 e. The number of nitrogens with zero attached hydrogens (tertiary/aromatic N) is 2.